The Kier molecular flexibility index (Phi) is 9.65. The molecule has 0 aliphatic carbocycles. The zero-order valence-corrected chi connectivity index (χ0v) is 20.9. The van der Waals surface area contributed by atoms with Crippen molar-refractivity contribution < 1.29 is 35.8 Å². The molecule has 0 amide bonds. The third-order valence-electron chi connectivity index (χ3n) is 4.50. The van der Waals surface area contributed by atoms with E-state index in [1.807, 2.05) is 31.2 Å². The van der Waals surface area contributed by atoms with E-state index < -0.39 is 38.9 Å². The lowest BCUT2D eigenvalue weighted by Gasteiger charge is -2.20. The summed E-state index contributed by atoms with van der Waals surface area (Å²) in [7, 11) is -2.44. The van der Waals surface area contributed by atoms with Gasteiger partial charge in [0, 0.05) is 11.4 Å². The molecule has 7 nitrogen and oxygen atoms in total. The lowest BCUT2D eigenvalue weighted by molar-refractivity contribution is -0.112. The van der Waals surface area contributed by atoms with Crippen LogP contribution in [0.25, 0.3) is 11.2 Å². The fourth-order valence-corrected chi connectivity index (χ4v) is 5.76. The standard InChI is InChI=1S/C21H24F6N5O2PS/c1-2-7-34-14-4-3-5-15(9-14)36-18-16-17(30-19(28)31-18)32(12-29-16)6-8-33-13-35(10-20(22,23)24)11-21(25,26)27/h3-5,9,12H,2,6-8,10-11,13H2,1H3,(H2,28,30,31). The second kappa shape index (κ2) is 12.3. The molecule has 0 bridgehead atoms. The molecule has 0 aliphatic heterocycles. The van der Waals surface area contributed by atoms with Crippen LogP contribution in [0.1, 0.15) is 13.3 Å². The molecule has 0 aliphatic rings. The second-order valence-electron chi connectivity index (χ2n) is 7.68. The Morgan fingerprint density at radius 2 is 1.78 bits per heavy atom. The first-order valence-corrected chi connectivity index (χ1v) is 13.5. The smallest absolute Gasteiger partial charge is 0.392 e. The van der Waals surface area contributed by atoms with E-state index in [1.165, 1.54) is 18.1 Å². The summed E-state index contributed by atoms with van der Waals surface area (Å²) >= 11 is 1.31. The molecule has 36 heavy (non-hydrogen) atoms. The first-order chi connectivity index (χ1) is 16.9. The topological polar surface area (TPSA) is 88.1 Å². The molecule has 0 radical (unpaired) electrons. The zero-order valence-electron chi connectivity index (χ0n) is 19.1. The number of benzene rings is 1. The van der Waals surface area contributed by atoms with Crippen LogP contribution in [0.4, 0.5) is 32.3 Å². The van der Waals surface area contributed by atoms with Crippen LogP contribution in [0.15, 0.2) is 40.5 Å². The highest BCUT2D eigenvalue weighted by Gasteiger charge is 2.38. The summed E-state index contributed by atoms with van der Waals surface area (Å²) in [6.45, 7) is 2.58. The van der Waals surface area contributed by atoms with Gasteiger partial charge in [-0.15, -0.1) is 0 Å². The highest BCUT2D eigenvalue weighted by Crippen LogP contribution is 2.45. The number of imidazole rings is 1. The van der Waals surface area contributed by atoms with Crippen LogP contribution in [-0.4, -0.2) is 63.8 Å². The molecule has 3 rings (SSSR count). The number of anilines is 1. The van der Waals surface area contributed by atoms with Gasteiger partial charge >= 0.3 is 12.4 Å². The number of fused-ring (bicyclic) bond motifs is 1. The molecule has 2 aromatic heterocycles. The molecule has 15 heteroatoms. The van der Waals surface area contributed by atoms with Gasteiger partial charge in [0.1, 0.15) is 16.3 Å². The first kappa shape index (κ1) is 28.3. The molecule has 0 spiro atoms. The van der Waals surface area contributed by atoms with Crippen molar-refractivity contribution in [2.24, 2.45) is 0 Å². The largest absolute Gasteiger partial charge is 0.494 e. The normalized spacial score (nSPS) is 12.6. The summed E-state index contributed by atoms with van der Waals surface area (Å²) in [4.78, 5) is 13.6. The first-order valence-electron chi connectivity index (χ1n) is 10.8. The highest BCUT2D eigenvalue weighted by molar-refractivity contribution is 7.99. The molecule has 3 aromatic rings. The van der Waals surface area contributed by atoms with E-state index in [2.05, 4.69) is 15.0 Å². The van der Waals surface area contributed by atoms with Gasteiger partial charge in [0.05, 0.1) is 38.2 Å². The Morgan fingerprint density at radius 1 is 1.06 bits per heavy atom. The van der Waals surface area contributed by atoms with Crippen molar-refractivity contribution in [2.75, 3.05) is 37.6 Å². The second-order valence-corrected chi connectivity index (χ2v) is 11.0. The average molecular weight is 555 g/mol. The van der Waals surface area contributed by atoms with Gasteiger partial charge < -0.3 is 19.8 Å². The molecule has 0 unspecified atom stereocenters. The molecular weight excluding hydrogens is 531 g/mol. The number of nitrogen functional groups attached to an aromatic ring is 1. The molecule has 2 N–H and O–H groups in total. The predicted octanol–water partition coefficient (Wildman–Crippen LogP) is 5.93. The maximum atomic E-state index is 12.6. The molecular formula is C21H24F6N5O2PS. The number of hydrogen-bond acceptors (Lipinski definition) is 7. The van der Waals surface area contributed by atoms with Crippen molar-refractivity contribution in [1.82, 2.24) is 19.5 Å². The summed E-state index contributed by atoms with van der Waals surface area (Å²) in [6.07, 6.45) is -10.7. The predicted molar refractivity (Wildman–Crippen MR) is 126 cm³/mol. The molecule has 198 valence electrons. The minimum atomic E-state index is -4.69. The van der Waals surface area contributed by atoms with Crippen molar-refractivity contribution in [3.8, 4) is 5.75 Å². The van der Waals surface area contributed by atoms with Gasteiger partial charge in [0.2, 0.25) is 5.95 Å². The van der Waals surface area contributed by atoms with E-state index in [1.54, 1.807) is 4.57 Å². The number of ether oxygens (including phenoxy) is 2. The molecule has 1 aromatic carbocycles. The lowest BCUT2D eigenvalue weighted by atomic mass is 10.3. The number of halogens is 6. The van der Waals surface area contributed by atoms with Crippen LogP contribution in [0, 0.1) is 0 Å². The summed E-state index contributed by atoms with van der Waals surface area (Å²) in [5, 5.41) is 0.490. The number of nitrogens with two attached hydrogens (primary N) is 1. The van der Waals surface area contributed by atoms with Crippen molar-refractivity contribution in [3.63, 3.8) is 0 Å². The van der Waals surface area contributed by atoms with Crippen LogP contribution in [0.5, 0.6) is 5.75 Å². The number of nitrogens with zero attached hydrogens (tertiary/aromatic N) is 4. The Bertz CT molecular complexity index is 1130. The Hall–Kier alpha value is -2.31. The quantitative estimate of drug-likeness (QED) is 0.128. The zero-order chi connectivity index (χ0) is 26.3. The van der Waals surface area contributed by atoms with Crippen LogP contribution in [0.3, 0.4) is 0 Å². The minimum absolute atomic E-state index is 0.00932. The van der Waals surface area contributed by atoms with E-state index in [9.17, 15) is 26.3 Å². The number of hydrogen-bond donors (Lipinski definition) is 1. The average Bonchev–Trinajstić information content (AvgIpc) is 3.16. The number of aromatic nitrogens is 4. The van der Waals surface area contributed by atoms with Crippen LogP contribution in [-0.2, 0) is 11.3 Å². The Balaban J connectivity index is 1.67. The van der Waals surface area contributed by atoms with E-state index in [4.69, 9.17) is 15.2 Å². The van der Waals surface area contributed by atoms with E-state index in [-0.39, 0.29) is 19.1 Å². The van der Waals surface area contributed by atoms with Crippen molar-refractivity contribution in [3.05, 3.63) is 30.6 Å². The molecule has 0 saturated carbocycles. The van der Waals surface area contributed by atoms with Crippen molar-refractivity contribution >= 4 is 36.8 Å². The highest BCUT2D eigenvalue weighted by atomic mass is 32.2. The SMILES string of the molecule is CCCOc1cccc(Sc2nc(N)nc3c2ncn3CCOCP(CC(F)(F)F)CC(F)(F)F)c1. The maximum Gasteiger partial charge on any atom is 0.392 e. The van der Waals surface area contributed by atoms with Gasteiger partial charge in [-0.25, -0.2) is 9.97 Å². The molecule has 0 fully saturated rings. The summed E-state index contributed by atoms with van der Waals surface area (Å²) < 4.78 is 88.3. The van der Waals surface area contributed by atoms with E-state index in [0.29, 0.717) is 28.5 Å². The minimum Gasteiger partial charge on any atom is -0.494 e. The van der Waals surface area contributed by atoms with Crippen molar-refractivity contribution in [1.29, 1.82) is 0 Å². The van der Waals surface area contributed by atoms with Crippen LogP contribution < -0.4 is 10.5 Å². The van der Waals surface area contributed by atoms with Gasteiger partial charge in [0.25, 0.3) is 0 Å². The van der Waals surface area contributed by atoms with Crippen LogP contribution >= 0.6 is 19.7 Å². The number of alkyl halides is 6. The van der Waals surface area contributed by atoms with Gasteiger partial charge in [-0.2, -0.15) is 31.3 Å². The van der Waals surface area contributed by atoms with Gasteiger partial charge in [-0.3, -0.25) is 0 Å². The maximum absolute atomic E-state index is 12.6. The summed E-state index contributed by atoms with van der Waals surface area (Å²) in [6, 6.07) is 7.42. The van der Waals surface area contributed by atoms with E-state index >= 15 is 0 Å². The van der Waals surface area contributed by atoms with Gasteiger partial charge in [-0.1, -0.05) is 32.7 Å². The molecule has 0 atom stereocenters. The number of rotatable bonds is 12. The van der Waals surface area contributed by atoms with Gasteiger partial charge in [0.15, 0.2) is 5.65 Å². The summed E-state index contributed by atoms with van der Waals surface area (Å²) in [5.74, 6) is 0.698. The summed E-state index contributed by atoms with van der Waals surface area (Å²) in [5.41, 5.74) is 6.70. The van der Waals surface area contributed by atoms with E-state index in [0.717, 1.165) is 11.3 Å². The lowest BCUT2D eigenvalue weighted by Crippen LogP contribution is -2.22. The third-order valence-corrected chi connectivity index (χ3v) is 7.63. The fraction of sp³-hybridized carbons (Fsp3) is 0.476. The third kappa shape index (κ3) is 8.97. The Labute approximate surface area is 208 Å². The fourth-order valence-electron chi connectivity index (χ4n) is 3.14. The molecule has 2 heterocycles. The van der Waals surface area contributed by atoms with Gasteiger partial charge in [-0.05, 0) is 24.6 Å². The van der Waals surface area contributed by atoms with Crippen molar-refractivity contribution in [2.45, 2.75) is 42.2 Å². The monoisotopic (exact) mass is 555 g/mol. The Morgan fingerprint density at radius 3 is 2.44 bits per heavy atom. The van der Waals surface area contributed by atoms with Crippen LogP contribution in [0.2, 0.25) is 0 Å². The molecule has 0 saturated heterocycles.